The molecule has 0 saturated carbocycles. The number of hydrogen-bond donors (Lipinski definition) is 3. The van der Waals surface area contributed by atoms with E-state index in [0.717, 1.165) is 11.1 Å². The summed E-state index contributed by atoms with van der Waals surface area (Å²) in [5.41, 5.74) is 5.08. The molecule has 106 valence electrons. The number of nitrogen functional groups attached to an aromatic ring is 1. The molecule has 0 aliphatic carbocycles. The molecule has 0 spiro atoms. The topological polar surface area (TPSA) is 84.2 Å². The first-order chi connectivity index (χ1) is 9.45. The number of anilines is 2. The lowest BCUT2D eigenvalue weighted by Gasteiger charge is -2.15. The second-order valence-corrected chi connectivity index (χ2v) is 6.16. The molecule has 2 rings (SSSR count). The van der Waals surface area contributed by atoms with Crippen LogP contribution in [0.2, 0.25) is 0 Å². The lowest BCUT2D eigenvalue weighted by Crippen LogP contribution is -2.18. The smallest absolute Gasteiger partial charge is 0.264 e. The summed E-state index contributed by atoms with van der Waals surface area (Å²) < 4.78 is 27.6. The fourth-order valence-corrected chi connectivity index (χ4v) is 3.36. The lowest BCUT2D eigenvalue weighted by atomic mass is 10.1. The molecule has 0 radical (unpaired) electrons. The molecular weight excluding hydrogens is 274 g/mol. The highest BCUT2D eigenvalue weighted by molar-refractivity contribution is 7.92. The summed E-state index contributed by atoms with van der Waals surface area (Å²) in [4.78, 5) is 0.116. The van der Waals surface area contributed by atoms with Crippen molar-refractivity contribution in [3.8, 4) is 0 Å². The SMILES string of the molecule is Cc1cccc(C)c1NS(=O)(=O)c1ccccc1NN. The summed E-state index contributed by atoms with van der Waals surface area (Å²) in [7, 11) is -3.69. The molecule has 0 aliphatic rings. The van der Waals surface area contributed by atoms with E-state index in [2.05, 4.69) is 10.1 Å². The molecule has 6 heteroatoms. The van der Waals surface area contributed by atoms with E-state index in [0.29, 0.717) is 11.4 Å². The Kier molecular flexibility index (Phi) is 3.96. The van der Waals surface area contributed by atoms with Gasteiger partial charge in [-0.2, -0.15) is 0 Å². The summed E-state index contributed by atoms with van der Waals surface area (Å²) in [6.07, 6.45) is 0. The van der Waals surface area contributed by atoms with Crippen LogP contribution >= 0.6 is 0 Å². The van der Waals surface area contributed by atoms with Crippen LogP contribution in [0.3, 0.4) is 0 Å². The van der Waals surface area contributed by atoms with Gasteiger partial charge in [-0.1, -0.05) is 30.3 Å². The molecule has 0 aromatic heterocycles. The van der Waals surface area contributed by atoms with Gasteiger partial charge in [-0.05, 0) is 37.1 Å². The minimum atomic E-state index is -3.69. The monoisotopic (exact) mass is 291 g/mol. The van der Waals surface area contributed by atoms with E-state index in [1.54, 1.807) is 18.2 Å². The van der Waals surface area contributed by atoms with Crippen LogP contribution in [0.4, 0.5) is 11.4 Å². The van der Waals surface area contributed by atoms with Crippen LogP contribution in [-0.4, -0.2) is 8.42 Å². The number of nitrogens with one attached hydrogen (secondary N) is 2. The van der Waals surface area contributed by atoms with Crippen LogP contribution < -0.4 is 16.0 Å². The average molecular weight is 291 g/mol. The zero-order valence-electron chi connectivity index (χ0n) is 11.3. The molecule has 0 atom stereocenters. The van der Waals surface area contributed by atoms with E-state index in [1.165, 1.54) is 6.07 Å². The molecule has 2 aromatic rings. The van der Waals surface area contributed by atoms with Gasteiger partial charge in [-0.3, -0.25) is 10.6 Å². The maximum absolute atomic E-state index is 12.5. The second kappa shape index (κ2) is 5.52. The summed E-state index contributed by atoms with van der Waals surface area (Å²) in [5.74, 6) is 5.36. The normalized spacial score (nSPS) is 11.2. The molecule has 5 nitrogen and oxygen atoms in total. The zero-order chi connectivity index (χ0) is 14.8. The number of aryl methyl sites for hydroxylation is 2. The fourth-order valence-electron chi connectivity index (χ4n) is 1.99. The van der Waals surface area contributed by atoms with Crippen LogP contribution in [0.1, 0.15) is 11.1 Å². The Balaban J connectivity index is 2.47. The first kappa shape index (κ1) is 14.4. The van der Waals surface area contributed by atoms with Crippen LogP contribution in [-0.2, 0) is 10.0 Å². The zero-order valence-corrected chi connectivity index (χ0v) is 12.2. The van der Waals surface area contributed by atoms with E-state index in [-0.39, 0.29) is 4.90 Å². The molecule has 0 saturated heterocycles. The lowest BCUT2D eigenvalue weighted by molar-refractivity contribution is 0.601. The molecule has 0 unspecified atom stereocenters. The Bertz CT molecular complexity index is 707. The van der Waals surface area contributed by atoms with E-state index >= 15 is 0 Å². The Hall–Kier alpha value is -2.05. The van der Waals surface area contributed by atoms with Gasteiger partial charge in [0.1, 0.15) is 4.90 Å². The van der Waals surface area contributed by atoms with Gasteiger partial charge >= 0.3 is 0 Å². The van der Waals surface area contributed by atoms with Crippen molar-refractivity contribution in [2.45, 2.75) is 18.7 Å². The minimum absolute atomic E-state index is 0.116. The third-order valence-corrected chi connectivity index (χ3v) is 4.46. The molecular formula is C14H17N3O2S. The highest BCUT2D eigenvalue weighted by Gasteiger charge is 2.19. The molecule has 2 aromatic carbocycles. The first-order valence-corrected chi connectivity index (χ1v) is 7.58. The molecule has 0 bridgehead atoms. The minimum Gasteiger partial charge on any atom is -0.323 e. The van der Waals surface area contributed by atoms with Crippen molar-refractivity contribution < 1.29 is 8.42 Å². The van der Waals surface area contributed by atoms with Crippen molar-refractivity contribution >= 4 is 21.4 Å². The molecule has 0 aliphatic heterocycles. The van der Waals surface area contributed by atoms with Crippen molar-refractivity contribution in [3.05, 3.63) is 53.6 Å². The van der Waals surface area contributed by atoms with Crippen LogP contribution in [0.15, 0.2) is 47.4 Å². The molecule has 4 N–H and O–H groups in total. The quantitative estimate of drug-likeness (QED) is 0.596. The Morgan fingerprint density at radius 2 is 1.55 bits per heavy atom. The highest BCUT2D eigenvalue weighted by atomic mass is 32.2. The predicted octanol–water partition coefficient (Wildman–Crippen LogP) is 2.39. The number of nitrogens with two attached hydrogens (primary N) is 1. The highest BCUT2D eigenvalue weighted by Crippen LogP contribution is 2.26. The van der Waals surface area contributed by atoms with Crippen LogP contribution in [0.25, 0.3) is 0 Å². The number of hydrogen-bond acceptors (Lipinski definition) is 4. The Morgan fingerprint density at radius 3 is 2.15 bits per heavy atom. The van der Waals surface area contributed by atoms with E-state index in [9.17, 15) is 8.42 Å². The van der Waals surface area contributed by atoms with E-state index in [4.69, 9.17) is 5.84 Å². The fraction of sp³-hybridized carbons (Fsp3) is 0.143. The van der Waals surface area contributed by atoms with Gasteiger partial charge in [0.25, 0.3) is 10.0 Å². The standard InChI is InChI=1S/C14H17N3O2S/c1-10-6-5-7-11(2)14(10)17-20(18,19)13-9-4-3-8-12(13)16-15/h3-9,16-17H,15H2,1-2H3. The largest absolute Gasteiger partial charge is 0.323 e. The second-order valence-electron chi connectivity index (χ2n) is 4.51. The number of benzene rings is 2. The Morgan fingerprint density at radius 1 is 0.950 bits per heavy atom. The maximum atomic E-state index is 12.5. The number of sulfonamides is 1. The van der Waals surface area contributed by atoms with Crippen molar-refractivity contribution in [2.24, 2.45) is 5.84 Å². The summed E-state index contributed by atoms with van der Waals surface area (Å²) in [5, 5.41) is 0. The maximum Gasteiger partial charge on any atom is 0.264 e. The van der Waals surface area contributed by atoms with Gasteiger partial charge in [0.15, 0.2) is 0 Å². The third-order valence-electron chi connectivity index (χ3n) is 3.05. The van der Waals surface area contributed by atoms with E-state index in [1.807, 2.05) is 32.0 Å². The van der Waals surface area contributed by atoms with Crippen molar-refractivity contribution in [1.82, 2.24) is 0 Å². The number of hydrazine groups is 1. The van der Waals surface area contributed by atoms with Crippen LogP contribution in [0, 0.1) is 13.8 Å². The summed E-state index contributed by atoms with van der Waals surface area (Å²) in [6.45, 7) is 3.72. The van der Waals surface area contributed by atoms with Gasteiger partial charge in [0.05, 0.1) is 11.4 Å². The number of rotatable bonds is 4. The number of para-hydroxylation sites is 2. The van der Waals surface area contributed by atoms with Gasteiger partial charge in [0, 0.05) is 0 Å². The summed E-state index contributed by atoms with van der Waals surface area (Å²) in [6, 6.07) is 12.1. The van der Waals surface area contributed by atoms with Gasteiger partial charge in [0.2, 0.25) is 0 Å². The Labute approximate surface area is 118 Å². The van der Waals surface area contributed by atoms with E-state index < -0.39 is 10.0 Å². The van der Waals surface area contributed by atoms with Crippen molar-refractivity contribution in [2.75, 3.05) is 10.1 Å². The third kappa shape index (κ3) is 2.76. The van der Waals surface area contributed by atoms with Crippen molar-refractivity contribution in [3.63, 3.8) is 0 Å². The molecule has 0 amide bonds. The summed E-state index contributed by atoms with van der Waals surface area (Å²) >= 11 is 0. The van der Waals surface area contributed by atoms with Crippen LogP contribution in [0.5, 0.6) is 0 Å². The molecule has 20 heavy (non-hydrogen) atoms. The van der Waals surface area contributed by atoms with Gasteiger partial charge in [-0.25, -0.2) is 8.42 Å². The van der Waals surface area contributed by atoms with Crippen molar-refractivity contribution in [1.29, 1.82) is 0 Å². The molecule has 0 fully saturated rings. The van der Waals surface area contributed by atoms with Gasteiger partial charge in [-0.15, -0.1) is 0 Å². The average Bonchev–Trinajstić information content (AvgIpc) is 2.43. The predicted molar refractivity (Wildman–Crippen MR) is 81.0 cm³/mol. The first-order valence-electron chi connectivity index (χ1n) is 6.10. The molecule has 0 heterocycles. The van der Waals surface area contributed by atoms with Gasteiger partial charge < -0.3 is 5.43 Å².